The lowest BCUT2D eigenvalue weighted by molar-refractivity contribution is -0.122. The van der Waals surface area contributed by atoms with Gasteiger partial charge in [0, 0.05) is 41.5 Å². The number of nitrogens with one attached hydrogen (secondary N) is 3. The highest BCUT2D eigenvalue weighted by Crippen LogP contribution is 2.30. The Morgan fingerprint density at radius 2 is 1.78 bits per heavy atom. The first-order chi connectivity index (χ1) is 21.6. The molecule has 0 saturated heterocycles. The second-order valence-corrected chi connectivity index (χ2v) is 12.7. The predicted molar refractivity (Wildman–Crippen MR) is 174 cm³/mol. The number of hydrogen-bond acceptors (Lipinski definition) is 8. The molecule has 10 nitrogen and oxygen atoms in total. The van der Waals surface area contributed by atoms with E-state index in [9.17, 15) is 18.0 Å². The Labute approximate surface area is 262 Å². The summed E-state index contributed by atoms with van der Waals surface area (Å²) in [6.45, 7) is 5.45. The van der Waals surface area contributed by atoms with Crippen molar-refractivity contribution in [3.8, 4) is 5.75 Å². The minimum atomic E-state index is -3.67. The van der Waals surface area contributed by atoms with Gasteiger partial charge in [-0.15, -0.1) is 0 Å². The Hall–Kier alpha value is -4.71. The molecule has 238 valence electrons. The quantitative estimate of drug-likeness (QED) is 0.137. The number of nitrogens with two attached hydrogens (primary N) is 1. The van der Waals surface area contributed by atoms with E-state index in [2.05, 4.69) is 20.9 Å². The van der Waals surface area contributed by atoms with E-state index in [0.717, 1.165) is 17.2 Å². The molecular formula is C33H38FN5O5S. The van der Waals surface area contributed by atoms with E-state index in [0.29, 0.717) is 42.4 Å². The third kappa shape index (κ3) is 8.27. The van der Waals surface area contributed by atoms with Crippen molar-refractivity contribution < 1.29 is 27.1 Å². The van der Waals surface area contributed by atoms with Crippen LogP contribution in [0.4, 0.5) is 21.6 Å². The number of unbranched alkanes of at least 4 members (excludes halogenated alkanes) is 1. The molecule has 3 aromatic carbocycles. The number of carbonyl (C=O) groups is 2. The summed E-state index contributed by atoms with van der Waals surface area (Å²) in [5, 5.41) is 10.2. The van der Waals surface area contributed by atoms with E-state index >= 15 is 4.39 Å². The lowest BCUT2D eigenvalue weighted by Gasteiger charge is -2.22. The van der Waals surface area contributed by atoms with Crippen molar-refractivity contribution in [1.82, 2.24) is 10.3 Å². The highest BCUT2D eigenvalue weighted by molar-refractivity contribution is 7.91. The van der Waals surface area contributed by atoms with Crippen LogP contribution in [0.15, 0.2) is 71.8 Å². The Morgan fingerprint density at radius 3 is 2.51 bits per heavy atom. The number of benzene rings is 3. The monoisotopic (exact) mass is 635 g/mol. The Morgan fingerprint density at radius 1 is 1.00 bits per heavy atom. The van der Waals surface area contributed by atoms with Crippen molar-refractivity contribution in [2.45, 2.75) is 57.5 Å². The van der Waals surface area contributed by atoms with E-state index in [4.69, 9.17) is 10.5 Å². The topological polar surface area (TPSA) is 153 Å². The van der Waals surface area contributed by atoms with Crippen LogP contribution in [0.1, 0.15) is 57.2 Å². The van der Waals surface area contributed by atoms with E-state index in [1.165, 1.54) is 43.3 Å². The van der Waals surface area contributed by atoms with Gasteiger partial charge in [-0.05, 0) is 85.0 Å². The molecule has 1 heterocycles. The number of hydrogen-bond donors (Lipinski definition) is 4. The standard InChI is InChI=1S/C33H38FN5O5S/c1-4-7-8-30(40)38-23-10-14-29(45(42,43)6-3)22(18-23)20-37-33(41)31(27-19-25(44-5-2)11-13-28(27)34)39-24-9-12-26-21(17-24)15-16-36-32(26)35/h9-19,31,39H,4-8,20H2,1-3H3,(H2,35,36)(H,37,41)(H,38,40). The molecule has 0 radical (unpaired) electrons. The summed E-state index contributed by atoms with van der Waals surface area (Å²) in [7, 11) is -3.67. The minimum Gasteiger partial charge on any atom is -0.494 e. The molecule has 2 amide bonds. The van der Waals surface area contributed by atoms with Gasteiger partial charge in [0.25, 0.3) is 0 Å². The van der Waals surface area contributed by atoms with Crippen molar-refractivity contribution >= 4 is 49.6 Å². The van der Waals surface area contributed by atoms with Gasteiger partial charge < -0.3 is 26.4 Å². The molecule has 1 aromatic heterocycles. The highest BCUT2D eigenvalue weighted by atomic mass is 32.2. The summed E-state index contributed by atoms with van der Waals surface area (Å²) < 4.78 is 46.7. The zero-order chi connectivity index (χ0) is 32.6. The number of carbonyl (C=O) groups excluding carboxylic acids is 2. The number of anilines is 3. The van der Waals surface area contributed by atoms with Crippen molar-refractivity contribution in [2.75, 3.05) is 28.7 Å². The van der Waals surface area contributed by atoms with Crippen LogP contribution in [0.2, 0.25) is 0 Å². The molecule has 45 heavy (non-hydrogen) atoms. The Bertz CT molecular complexity index is 1800. The fourth-order valence-electron chi connectivity index (χ4n) is 4.84. The average molecular weight is 636 g/mol. The third-order valence-corrected chi connectivity index (χ3v) is 9.06. The summed E-state index contributed by atoms with van der Waals surface area (Å²) in [6.07, 6.45) is 3.47. The molecule has 0 saturated carbocycles. The van der Waals surface area contributed by atoms with Crippen LogP contribution in [0, 0.1) is 5.82 Å². The normalized spacial score (nSPS) is 12.0. The molecule has 4 aromatic rings. The second kappa shape index (κ2) is 14.8. The van der Waals surface area contributed by atoms with Crippen LogP contribution < -0.4 is 26.4 Å². The fraction of sp³-hybridized carbons (Fsp3) is 0.303. The number of nitrogens with zero attached hydrogens (tertiary/aromatic N) is 1. The van der Waals surface area contributed by atoms with Crippen LogP contribution in [-0.4, -0.2) is 37.6 Å². The number of aromatic nitrogens is 1. The van der Waals surface area contributed by atoms with E-state index in [1.54, 1.807) is 37.4 Å². The maximum Gasteiger partial charge on any atom is 0.247 e. The molecule has 0 bridgehead atoms. The second-order valence-electron chi connectivity index (χ2n) is 10.4. The lowest BCUT2D eigenvalue weighted by atomic mass is 10.0. The van der Waals surface area contributed by atoms with Gasteiger partial charge in [-0.3, -0.25) is 9.59 Å². The minimum absolute atomic E-state index is 0.0335. The zero-order valence-corrected chi connectivity index (χ0v) is 26.3. The summed E-state index contributed by atoms with van der Waals surface area (Å²) in [5.74, 6) is -0.864. The molecule has 5 N–H and O–H groups in total. The first kappa shape index (κ1) is 33.2. The summed E-state index contributed by atoms with van der Waals surface area (Å²) in [6, 6.07) is 14.4. The molecule has 0 spiro atoms. The number of rotatable bonds is 14. The molecule has 12 heteroatoms. The molecule has 0 aliphatic rings. The molecule has 0 aliphatic carbocycles. The average Bonchev–Trinajstić information content (AvgIpc) is 3.02. The van der Waals surface area contributed by atoms with Gasteiger partial charge in [0.05, 0.1) is 17.3 Å². The van der Waals surface area contributed by atoms with E-state index < -0.39 is 27.6 Å². The van der Waals surface area contributed by atoms with Crippen LogP contribution >= 0.6 is 0 Å². The number of amides is 2. The first-order valence-corrected chi connectivity index (χ1v) is 16.5. The fourth-order valence-corrected chi connectivity index (χ4v) is 5.96. The van der Waals surface area contributed by atoms with Crippen molar-refractivity contribution in [1.29, 1.82) is 0 Å². The van der Waals surface area contributed by atoms with Gasteiger partial charge >= 0.3 is 0 Å². The summed E-state index contributed by atoms with van der Waals surface area (Å²) >= 11 is 0. The van der Waals surface area contributed by atoms with Gasteiger partial charge in [-0.2, -0.15) is 0 Å². The van der Waals surface area contributed by atoms with Gasteiger partial charge in [0.1, 0.15) is 23.4 Å². The highest BCUT2D eigenvalue weighted by Gasteiger charge is 2.26. The molecule has 0 fully saturated rings. The maximum absolute atomic E-state index is 15.3. The number of sulfone groups is 1. The molecule has 1 atom stereocenters. The number of pyridine rings is 1. The van der Waals surface area contributed by atoms with Crippen LogP contribution in [0.5, 0.6) is 5.75 Å². The van der Waals surface area contributed by atoms with Gasteiger partial charge in [-0.1, -0.05) is 20.3 Å². The number of ether oxygens (including phenoxy) is 1. The summed E-state index contributed by atoms with van der Waals surface area (Å²) in [5.41, 5.74) is 7.24. The first-order valence-electron chi connectivity index (χ1n) is 14.8. The van der Waals surface area contributed by atoms with Crippen LogP contribution in [0.25, 0.3) is 10.8 Å². The van der Waals surface area contributed by atoms with Gasteiger partial charge in [0.2, 0.25) is 11.8 Å². The number of fused-ring (bicyclic) bond motifs is 1. The maximum atomic E-state index is 15.3. The number of nitrogen functional groups attached to an aromatic ring is 1. The predicted octanol–water partition coefficient (Wildman–Crippen LogP) is 5.75. The third-order valence-electron chi connectivity index (χ3n) is 7.23. The van der Waals surface area contributed by atoms with E-state index in [-0.39, 0.29) is 34.2 Å². The smallest absolute Gasteiger partial charge is 0.247 e. The molecule has 1 unspecified atom stereocenters. The number of halogens is 1. The van der Waals surface area contributed by atoms with Crippen molar-refractivity contribution in [2.24, 2.45) is 0 Å². The molecule has 0 aliphatic heterocycles. The van der Waals surface area contributed by atoms with Crippen LogP contribution in [-0.2, 0) is 26.0 Å². The van der Waals surface area contributed by atoms with Crippen LogP contribution in [0.3, 0.4) is 0 Å². The van der Waals surface area contributed by atoms with E-state index in [1.807, 2.05) is 6.92 Å². The molecule has 4 rings (SSSR count). The largest absolute Gasteiger partial charge is 0.494 e. The van der Waals surface area contributed by atoms with Gasteiger partial charge in [-0.25, -0.2) is 17.8 Å². The summed E-state index contributed by atoms with van der Waals surface area (Å²) in [4.78, 5) is 30.3. The zero-order valence-electron chi connectivity index (χ0n) is 25.5. The van der Waals surface area contributed by atoms with Gasteiger partial charge in [0.15, 0.2) is 9.84 Å². The van der Waals surface area contributed by atoms with Crippen molar-refractivity contribution in [3.63, 3.8) is 0 Å². The SMILES string of the molecule is CCCCC(=O)Nc1ccc(S(=O)(=O)CC)c(CNC(=O)C(Nc2ccc3c(N)nccc3c2)c2cc(OCC)ccc2F)c1. The van der Waals surface area contributed by atoms with Crippen molar-refractivity contribution in [3.05, 3.63) is 83.8 Å². The molecular weight excluding hydrogens is 597 g/mol. The Balaban J connectivity index is 1.68. The lowest BCUT2D eigenvalue weighted by Crippen LogP contribution is -2.34. The Kier molecular flexibility index (Phi) is 10.9.